The van der Waals surface area contributed by atoms with E-state index in [0.29, 0.717) is 24.2 Å². The predicted octanol–water partition coefficient (Wildman–Crippen LogP) is 2.07. The van der Waals surface area contributed by atoms with Gasteiger partial charge in [-0.15, -0.1) is 0 Å². The molecule has 19 heavy (non-hydrogen) atoms. The summed E-state index contributed by atoms with van der Waals surface area (Å²) in [5, 5.41) is 9.97. The van der Waals surface area contributed by atoms with Gasteiger partial charge in [-0.25, -0.2) is 0 Å². The standard InChI is InChI=1S/C15H22O4/c1-7-9(3-4-10-12(7)18-10)15(14(16)17)6-5-11-13(19-11)8(15)2/h7-13H,3-6H2,1-2H3,(H,16,17). The van der Waals surface area contributed by atoms with E-state index in [-0.39, 0.29) is 17.9 Å². The molecule has 4 rings (SSSR count). The van der Waals surface area contributed by atoms with E-state index >= 15 is 0 Å². The second-order valence-corrected chi connectivity index (χ2v) is 6.99. The van der Waals surface area contributed by atoms with Gasteiger partial charge in [0.05, 0.1) is 29.8 Å². The molecule has 0 spiro atoms. The third kappa shape index (κ3) is 1.50. The van der Waals surface area contributed by atoms with Crippen LogP contribution in [0.15, 0.2) is 0 Å². The lowest BCUT2D eigenvalue weighted by Gasteiger charge is -2.46. The molecule has 2 heterocycles. The number of hydrogen-bond donors (Lipinski definition) is 1. The highest BCUT2D eigenvalue weighted by molar-refractivity contribution is 5.76. The predicted molar refractivity (Wildman–Crippen MR) is 67.7 cm³/mol. The first-order valence-corrected chi connectivity index (χ1v) is 7.60. The van der Waals surface area contributed by atoms with Crippen LogP contribution in [0.2, 0.25) is 0 Å². The largest absolute Gasteiger partial charge is 0.481 e. The van der Waals surface area contributed by atoms with E-state index in [1.54, 1.807) is 0 Å². The zero-order valence-corrected chi connectivity index (χ0v) is 11.5. The van der Waals surface area contributed by atoms with Crippen LogP contribution in [0.1, 0.15) is 39.5 Å². The molecular weight excluding hydrogens is 244 g/mol. The monoisotopic (exact) mass is 266 g/mol. The van der Waals surface area contributed by atoms with Crippen molar-refractivity contribution in [1.82, 2.24) is 0 Å². The summed E-state index contributed by atoms with van der Waals surface area (Å²) in [6, 6.07) is 0. The van der Waals surface area contributed by atoms with E-state index in [9.17, 15) is 9.90 Å². The molecule has 0 aromatic heterocycles. The van der Waals surface area contributed by atoms with Gasteiger partial charge in [0, 0.05) is 5.92 Å². The number of carboxylic acids is 1. The molecule has 0 amide bonds. The number of carbonyl (C=O) groups is 1. The van der Waals surface area contributed by atoms with Crippen LogP contribution < -0.4 is 0 Å². The topological polar surface area (TPSA) is 62.4 Å². The Hall–Kier alpha value is -0.610. The molecule has 4 aliphatic rings. The first kappa shape index (κ1) is 12.2. The van der Waals surface area contributed by atoms with Crippen LogP contribution in [-0.4, -0.2) is 35.5 Å². The average Bonchev–Trinajstić information content (AvgIpc) is 3.24. The third-order valence-corrected chi connectivity index (χ3v) is 6.37. The van der Waals surface area contributed by atoms with Crippen molar-refractivity contribution < 1.29 is 19.4 Å². The maximum absolute atomic E-state index is 12.1. The van der Waals surface area contributed by atoms with E-state index in [2.05, 4.69) is 13.8 Å². The van der Waals surface area contributed by atoms with Gasteiger partial charge in [-0.2, -0.15) is 0 Å². The summed E-state index contributed by atoms with van der Waals surface area (Å²) in [7, 11) is 0. The molecule has 0 aromatic rings. The molecule has 8 unspecified atom stereocenters. The number of rotatable bonds is 2. The Morgan fingerprint density at radius 1 is 1.11 bits per heavy atom. The minimum Gasteiger partial charge on any atom is -0.481 e. The quantitative estimate of drug-likeness (QED) is 0.777. The zero-order chi connectivity index (χ0) is 13.4. The SMILES string of the molecule is CC1C2OC2CCC1C1(C(=O)O)CCC2OC2C1C. The van der Waals surface area contributed by atoms with Crippen molar-refractivity contribution >= 4 is 5.97 Å². The first-order chi connectivity index (χ1) is 9.05. The number of epoxide rings is 2. The van der Waals surface area contributed by atoms with Crippen molar-refractivity contribution in [3.63, 3.8) is 0 Å². The van der Waals surface area contributed by atoms with Crippen LogP contribution in [0.5, 0.6) is 0 Å². The number of hydrogen-bond acceptors (Lipinski definition) is 3. The van der Waals surface area contributed by atoms with Gasteiger partial charge in [-0.05, 0) is 37.5 Å². The van der Waals surface area contributed by atoms with Gasteiger partial charge in [0.2, 0.25) is 0 Å². The van der Waals surface area contributed by atoms with Crippen molar-refractivity contribution in [1.29, 1.82) is 0 Å². The van der Waals surface area contributed by atoms with E-state index in [1.165, 1.54) is 0 Å². The van der Waals surface area contributed by atoms with E-state index in [4.69, 9.17) is 9.47 Å². The Morgan fingerprint density at radius 2 is 1.79 bits per heavy atom. The summed E-state index contributed by atoms with van der Waals surface area (Å²) < 4.78 is 11.3. The van der Waals surface area contributed by atoms with Gasteiger partial charge in [-0.1, -0.05) is 13.8 Å². The molecular formula is C15H22O4. The first-order valence-electron chi connectivity index (χ1n) is 7.60. The lowest BCUT2D eigenvalue weighted by atomic mass is 9.54. The molecule has 106 valence electrons. The fourth-order valence-corrected chi connectivity index (χ4v) is 5.13. The number of carboxylic acid groups (broad SMARTS) is 1. The van der Waals surface area contributed by atoms with Gasteiger partial charge in [0.25, 0.3) is 0 Å². The zero-order valence-electron chi connectivity index (χ0n) is 11.5. The number of ether oxygens (including phenoxy) is 2. The molecule has 4 fully saturated rings. The summed E-state index contributed by atoms with van der Waals surface area (Å²) >= 11 is 0. The van der Waals surface area contributed by atoms with Crippen molar-refractivity contribution in [2.24, 2.45) is 23.2 Å². The highest BCUT2D eigenvalue weighted by Gasteiger charge is 2.65. The van der Waals surface area contributed by atoms with Crippen LogP contribution >= 0.6 is 0 Å². The maximum atomic E-state index is 12.1. The molecule has 2 aliphatic carbocycles. The average molecular weight is 266 g/mol. The molecule has 2 saturated heterocycles. The smallest absolute Gasteiger partial charge is 0.310 e. The summed E-state index contributed by atoms with van der Waals surface area (Å²) in [5.74, 6) is 0.137. The second-order valence-electron chi connectivity index (χ2n) is 6.99. The van der Waals surface area contributed by atoms with Crippen molar-refractivity contribution in [2.75, 3.05) is 0 Å². The lowest BCUT2D eigenvalue weighted by molar-refractivity contribution is -0.163. The summed E-state index contributed by atoms with van der Waals surface area (Å²) in [6.45, 7) is 4.27. The highest BCUT2D eigenvalue weighted by atomic mass is 16.6. The molecule has 8 atom stereocenters. The van der Waals surface area contributed by atoms with E-state index in [1.807, 2.05) is 0 Å². The Bertz CT molecular complexity index is 422. The van der Waals surface area contributed by atoms with Gasteiger partial charge >= 0.3 is 5.97 Å². The lowest BCUT2D eigenvalue weighted by Crippen LogP contribution is -2.52. The number of aliphatic carboxylic acids is 1. The second kappa shape index (κ2) is 3.73. The molecule has 1 N–H and O–H groups in total. The molecule has 0 bridgehead atoms. The molecule has 2 saturated carbocycles. The van der Waals surface area contributed by atoms with Crippen LogP contribution in [-0.2, 0) is 14.3 Å². The Kier molecular flexibility index (Phi) is 2.39. The highest BCUT2D eigenvalue weighted by Crippen LogP contribution is 2.60. The fourth-order valence-electron chi connectivity index (χ4n) is 5.13. The van der Waals surface area contributed by atoms with E-state index < -0.39 is 11.4 Å². The summed E-state index contributed by atoms with van der Waals surface area (Å²) in [5.41, 5.74) is -0.589. The third-order valence-electron chi connectivity index (χ3n) is 6.37. The van der Waals surface area contributed by atoms with Crippen molar-refractivity contribution in [2.45, 2.75) is 63.9 Å². The van der Waals surface area contributed by atoms with Crippen molar-refractivity contribution in [3.05, 3.63) is 0 Å². The summed E-state index contributed by atoms with van der Waals surface area (Å²) in [4.78, 5) is 12.1. The maximum Gasteiger partial charge on any atom is 0.310 e. The van der Waals surface area contributed by atoms with Crippen LogP contribution in [0, 0.1) is 23.2 Å². The normalized spacial score (nSPS) is 58.9. The van der Waals surface area contributed by atoms with Crippen molar-refractivity contribution in [3.8, 4) is 0 Å². The molecule has 4 heteroatoms. The Morgan fingerprint density at radius 3 is 2.53 bits per heavy atom. The van der Waals surface area contributed by atoms with Gasteiger partial charge in [0.1, 0.15) is 0 Å². The Labute approximate surface area is 113 Å². The fraction of sp³-hybridized carbons (Fsp3) is 0.933. The number of fused-ring (bicyclic) bond motifs is 2. The minimum atomic E-state index is -0.607. The van der Waals surface area contributed by atoms with Gasteiger partial charge in [0.15, 0.2) is 0 Å². The molecule has 4 nitrogen and oxygen atoms in total. The molecule has 0 radical (unpaired) electrons. The van der Waals surface area contributed by atoms with Crippen LogP contribution in [0.4, 0.5) is 0 Å². The van der Waals surface area contributed by atoms with E-state index in [0.717, 1.165) is 25.7 Å². The molecule has 0 aromatic carbocycles. The van der Waals surface area contributed by atoms with Crippen LogP contribution in [0.25, 0.3) is 0 Å². The van der Waals surface area contributed by atoms with Gasteiger partial charge in [-0.3, -0.25) is 4.79 Å². The molecule has 2 aliphatic heterocycles. The minimum absolute atomic E-state index is 0.131. The Balaban J connectivity index is 1.68. The summed E-state index contributed by atoms with van der Waals surface area (Å²) in [6.07, 6.45) is 4.99. The van der Waals surface area contributed by atoms with Gasteiger partial charge < -0.3 is 14.6 Å². The van der Waals surface area contributed by atoms with Crippen LogP contribution in [0.3, 0.4) is 0 Å².